The van der Waals surface area contributed by atoms with E-state index in [1.807, 2.05) is 0 Å². The molecule has 2 rings (SSSR count). The zero-order valence-corrected chi connectivity index (χ0v) is 11.7. The lowest BCUT2D eigenvalue weighted by molar-refractivity contribution is 0.0415. The van der Waals surface area contributed by atoms with Gasteiger partial charge in [-0.3, -0.25) is 4.90 Å². The van der Waals surface area contributed by atoms with Gasteiger partial charge in [0.1, 0.15) is 0 Å². The van der Waals surface area contributed by atoms with Gasteiger partial charge in [-0.25, -0.2) is 0 Å². The molecule has 2 aliphatic heterocycles. The van der Waals surface area contributed by atoms with Crippen molar-refractivity contribution in [3.8, 4) is 0 Å². The lowest BCUT2D eigenvalue weighted by atomic mass is 9.85. The van der Waals surface area contributed by atoms with Crippen LogP contribution in [0.2, 0.25) is 0 Å². The Balaban J connectivity index is 1.90. The summed E-state index contributed by atoms with van der Waals surface area (Å²) in [7, 11) is 2.25. The first-order valence-corrected chi connectivity index (χ1v) is 7.26. The molecule has 2 fully saturated rings. The third-order valence-corrected chi connectivity index (χ3v) is 5.15. The van der Waals surface area contributed by atoms with Crippen molar-refractivity contribution in [3.63, 3.8) is 0 Å². The van der Waals surface area contributed by atoms with E-state index < -0.39 is 0 Å². The molecule has 2 N–H and O–H groups in total. The minimum absolute atomic E-state index is 0.721. The van der Waals surface area contributed by atoms with E-state index in [1.54, 1.807) is 0 Å². The highest BCUT2D eigenvalue weighted by molar-refractivity contribution is 4.88. The molecule has 0 aromatic rings. The molecule has 0 aliphatic carbocycles. The number of hydrogen-bond acceptors (Lipinski definition) is 3. The Bertz CT molecular complexity index is 244. The lowest BCUT2D eigenvalue weighted by Crippen LogP contribution is -2.52. The zero-order chi connectivity index (χ0) is 12.4. The number of nitrogens with two attached hydrogens (primary N) is 1. The fraction of sp³-hybridized carbons (Fsp3) is 1.00. The van der Waals surface area contributed by atoms with Gasteiger partial charge in [-0.15, -0.1) is 0 Å². The molecular formula is C14H29N3. The van der Waals surface area contributed by atoms with Gasteiger partial charge < -0.3 is 10.6 Å². The molecular weight excluding hydrogens is 210 g/mol. The summed E-state index contributed by atoms with van der Waals surface area (Å²) < 4.78 is 0. The van der Waals surface area contributed by atoms with Gasteiger partial charge in [0.25, 0.3) is 0 Å². The highest BCUT2D eigenvalue weighted by Gasteiger charge is 2.32. The van der Waals surface area contributed by atoms with Crippen molar-refractivity contribution in [2.45, 2.75) is 45.2 Å². The summed E-state index contributed by atoms with van der Waals surface area (Å²) in [4.78, 5) is 5.21. The Morgan fingerprint density at radius 3 is 2.59 bits per heavy atom. The molecule has 3 nitrogen and oxygen atoms in total. The van der Waals surface area contributed by atoms with Gasteiger partial charge in [0.15, 0.2) is 0 Å². The number of piperidine rings is 2. The molecule has 0 aromatic heterocycles. The van der Waals surface area contributed by atoms with Gasteiger partial charge >= 0.3 is 0 Å². The summed E-state index contributed by atoms with van der Waals surface area (Å²) in [6.07, 6.45) is 4.01. The topological polar surface area (TPSA) is 32.5 Å². The number of hydrogen-bond donors (Lipinski definition) is 1. The monoisotopic (exact) mass is 239 g/mol. The predicted octanol–water partition coefficient (Wildman–Crippen LogP) is 1.39. The molecule has 100 valence electrons. The molecule has 0 amide bonds. The number of likely N-dealkylation sites (tertiary alicyclic amines) is 2. The van der Waals surface area contributed by atoms with Crippen LogP contribution in [-0.2, 0) is 0 Å². The molecule has 2 aliphatic rings. The molecule has 4 atom stereocenters. The summed E-state index contributed by atoms with van der Waals surface area (Å²) in [5.41, 5.74) is 5.90. The van der Waals surface area contributed by atoms with Crippen LogP contribution in [0.15, 0.2) is 0 Å². The van der Waals surface area contributed by atoms with Crippen molar-refractivity contribution in [3.05, 3.63) is 0 Å². The SMILES string of the molecule is CC1CCN(C2CCN(C)C(C)C2)CC1CN. The maximum absolute atomic E-state index is 5.90. The van der Waals surface area contributed by atoms with E-state index in [0.29, 0.717) is 0 Å². The van der Waals surface area contributed by atoms with E-state index in [2.05, 4.69) is 30.7 Å². The van der Waals surface area contributed by atoms with Crippen molar-refractivity contribution in [2.24, 2.45) is 17.6 Å². The van der Waals surface area contributed by atoms with Crippen LogP contribution in [0.5, 0.6) is 0 Å². The Hall–Kier alpha value is -0.120. The van der Waals surface area contributed by atoms with Crippen molar-refractivity contribution in [1.29, 1.82) is 0 Å². The average Bonchev–Trinajstić information content (AvgIpc) is 2.33. The summed E-state index contributed by atoms with van der Waals surface area (Å²) in [5, 5.41) is 0. The van der Waals surface area contributed by atoms with Crippen LogP contribution in [0.4, 0.5) is 0 Å². The van der Waals surface area contributed by atoms with E-state index in [0.717, 1.165) is 30.5 Å². The van der Waals surface area contributed by atoms with Crippen molar-refractivity contribution < 1.29 is 0 Å². The van der Waals surface area contributed by atoms with E-state index in [4.69, 9.17) is 5.73 Å². The predicted molar refractivity (Wildman–Crippen MR) is 73.0 cm³/mol. The van der Waals surface area contributed by atoms with E-state index in [-0.39, 0.29) is 0 Å². The Morgan fingerprint density at radius 1 is 1.18 bits per heavy atom. The smallest absolute Gasteiger partial charge is 0.0122 e. The molecule has 2 heterocycles. The third-order valence-electron chi connectivity index (χ3n) is 5.15. The Labute approximate surface area is 106 Å². The first-order valence-electron chi connectivity index (χ1n) is 7.26. The van der Waals surface area contributed by atoms with E-state index in [1.165, 1.54) is 38.9 Å². The minimum Gasteiger partial charge on any atom is -0.330 e. The van der Waals surface area contributed by atoms with E-state index in [9.17, 15) is 0 Å². The largest absolute Gasteiger partial charge is 0.330 e. The summed E-state index contributed by atoms with van der Waals surface area (Å²) in [6.45, 7) is 9.37. The van der Waals surface area contributed by atoms with Crippen LogP contribution in [0.1, 0.15) is 33.1 Å². The Kier molecular flexibility index (Phi) is 4.45. The van der Waals surface area contributed by atoms with Gasteiger partial charge in [0.2, 0.25) is 0 Å². The van der Waals surface area contributed by atoms with Gasteiger partial charge in [-0.05, 0) is 64.7 Å². The molecule has 2 saturated heterocycles. The Morgan fingerprint density at radius 2 is 1.94 bits per heavy atom. The third kappa shape index (κ3) is 3.01. The molecule has 0 spiro atoms. The van der Waals surface area contributed by atoms with Gasteiger partial charge in [-0.2, -0.15) is 0 Å². The van der Waals surface area contributed by atoms with E-state index >= 15 is 0 Å². The van der Waals surface area contributed by atoms with Gasteiger partial charge in [0, 0.05) is 18.6 Å². The van der Waals surface area contributed by atoms with Crippen LogP contribution >= 0.6 is 0 Å². The highest BCUT2D eigenvalue weighted by atomic mass is 15.2. The molecule has 4 unspecified atom stereocenters. The minimum atomic E-state index is 0.721. The van der Waals surface area contributed by atoms with Crippen LogP contribution in [0, 0.1) is 11.8 Å². The van der Waals surface area contributed by atoms with Crippen LogP contribution in [-0.4, -0.2) is 55.1 Å². The second kappa shape index (κ2) is 5.68. The van der Waals surface area contributed by atoms with Crippen LogP contribution in [0.3, 0.4) is 0 Å². The maximum atomic E-state index is 5.90. The normalized spacial score (nSPS) is 41.6. The fourth-order valence-corrected chi connectivity index (χ4v) is 3.41. The van der Waals surface area contributed by atoms with Crippen molar-refractivity contribution in [2.75, 3.05) is 33.2 Å². The average molecular weight is 239 g/mol. The molecule has 0 aromatic carbocycles. The highest BCUT2D eigenvalue weighted by Crippen LogP contribution is 2.28. The molecule has 0 saturated carbocycles. The molecule has 0 bridgehead atoms. The van der Waals surface area contributed by atoms with Gasteiger partial charge in [0.05, 0.1) is 0 Å². The molecule has 3 heteroatoms. The lowest BCUT2D eigenvalue weighted by Gasteiger charge is -2.45. The summed E-state index contributed by atoms with van der Waals surface area (Å²) in [5.74, 6) is 1.54. The van der Waals surface area contributed by atoms with Gasteiger partial charge in [-0.1, -0.05) is 6.92 Å². The quantitative estimate of drug-likeness (QED) is 0.790. The zero-order valence-electron chi connectivity index (χ0n) is 11.7. The second-order valence-corrected chi connectivity index (χ2v) is 6.26. The first kappa shape index (κ1) is 13.3. The second-order valence-electron chi connectivity index (χ2n) is 6.26. The number of nitrogens with zero attached hydrogens (tertiary/aromatic N) is 2. The summed E-state index contributed by atoms with van der Waals surface area (Å²) >= 11 is 0. The summed E-state index contributed by atoms with van der Waals surface area (Å²) in [6, 6.07) is 1.55. The maximum Gasteiger partial charge on any atom is 0.0122 e. The molecule has 0 radical (unpaired) electrons. The van der Waals surface area contributed by atoms with Crippen molar-refractivity contribution in [1.82, 2.24) is 9.80 Å². The standard InChI is InChI=1S/C14H29N3/c1-11-4-7-17(10-13(11)9-15)14-5-6-16(3)12(2)8-14/h11-14H,4-10,15H2,1-3H3. The first-order chi connectivity index (χ1) is 8.11. The number of rotatable bonds is 2. The van der Waals surface area contributed by atoms with Crippen LogP contribution < -0.4 is 5.73 Å². The fourth-order valence-electron chi connectivity index (χ4n) is 3.41. The van der Waals surface area contributed by atoms with Crippen LogP contribution in [0.25, 0.3) is 0 Å². The van der Waals surface area contributed by atoms with Crippen molar-refractivity contribution >= 4 is 0 Å². The molecule has 17 heavy (non-hydrogen) atoms.